The van der Waals surface area contributed by atoms with E-state index in [1.54, 1.807) is 6.08 Å². The molecule has 0 bridgehead atoms. The summed E-state index contributed by atoms with van der Waals surface area (Å²) in [6.07, 6.45) is 1.65. The van der Waals surface area contributed by atoms with Crippen LogP contribution < -0.4 is 11.5 Å². The van der Waals surface area contributed by atoms with Crippen LogP contribution in [0.5, 0.6) is 0 Å². The molecule has 10 heavy (non-hydrogen) atoms. The van der Waals surface area contributed by atoms with Gasteiger partial charge in [0.25, 0.3) is 5.91 Å². The van der Waals surface area contributed by atoms with Crippen LogP contribution in [0.15, 0.2) is 11.8 Å². The zero-order valence-corrected chi connectivity index (χ0v) is 6.64. The summed E-state index contributed by atoms with van der Waals surface area (Å²) in [5.74, 6) is -0.560. The lowest BCUT2D eigenvalue weighted by Gasteiger charge is -2.12. The van der Waals surface area contributed by atoms with Crippen molar-refractivity contribution in [2.45, 2.75) is 20.8 Å². The second kappa shape index (κ2) is 2.73. The average molecular weight is 142 g/mol. The maximum atomic E-state index is 10.4. The van der Waals surface area contributed by atoms with Crippen LogP contribution in [0, 0.1) is 5.41 Å². The summed E-state index contributed by atoms with van der Waals surface area (Å²) in [4.78, 5) is 10.4. The van der Waals surface area contributed by atoms with Crippen molar-refractivity contribution in [1.29, 1.82) is 0 Å². The second-order valence-electron chi connectivity index (χ2n) is 3.33. The smallest absolute Gasteiger partial charge is 0.264 e. The Hall–Kier alpha value is -0.990. The Bertz CT molecular complexity index is 165. The van der Waals surface area contributed by atoms with E-state index in [0.29, 0.717) is 0 Å². The third-order valence-electron chi connectivity index (χ3n) is 0.873. The Morgan fingerprint density at radius 3 is 1.80 bits per heavy atom. The fourth-order valence-electron chi connectivity index (χ4n) is 0.538. The van der Waals surface area contributed by atoms with E-state index in [0.717, 1.165) is 0 Å². The quantitative estimate of drug-likeness (QED) is 0.519. The summed E-state index contributed by atoms with van der Waals surface area (Å²) >= 11 is 0. The largest absolute Gasteiger partial charge is 0.395 e. The standard InChI is InChI=1S/C7H14N2O/c1-7(2,3)4-5(8)6(9)10/h4H,8H2,1-3H3,(H2,9,10). The minimum atomic E-state index is -0.560. The van der Waals surface area contributed by atoms with Gasteiger partial charge >= 0.3 is 0 Å². The third-order valence-corrected chi connectivity index (χ3v) is 0.873. The van der Waals surface area contributed by atoms with Gasteiger partial charge in [-0.3, -0.25) is 4.79 Å². The van der Waals surface area contributed by atoms with Gasteiger partial charge in [0, 0.05) is 0 Å². The zero-order chi connectivity index (χ0) is 8.36. The molecule has 3 heteroatoms. The average Bonchev–Trinajstić information content (AvgIpc) is 1.60. The minimum absolute atomic E-state index is 0.0842. The molecule has 4 N–H and O–H groups in total. The number of allylic oxidation sites excluding steroid dienone is 1. The van der Waals surface area contributed by atoms with Crippen molar-refractivity contribution in [2.75, 3.05) is 0 Å². The molecule has 0 aromatic rings. The monoisotopic (exact) mass is 142 g/mol. The van der Waals surface area contributed by atoms with Gasteiger partial charge in [0.05, 0.1) is 5.70 Å². The molecule has 1 amide bonds. The van der Waals surface area contributed by atoms with Gasteiger partial charge in [-0.2, -0.15) is 0 Å². The highest BCUT2D eigenvalue weighted by atomic mass is 16.1. The van der Waals surface area contributed by atoms with E-state index >= 15 is 0 Å². The molecule has 0 spiro atoms. The van der Waals surface area contributed by atoms with Crippen LogP contribution in [-0.2, 0) is 4.79 Å². The normalized spacial score (nSPS) is 13.3. The van der Waals surface area contributed by atoms with Gasteiger partial charge in [-0.15, -0.1) is 0 Å². The van der Waals surface area contributed by atoms with E-state index in [1.165, 1.54) is 0 Å². The van der Waals surface area contributed by atoms with Crippen LogP contribution in [0.2, 0.25) is 0 Å². The maximum absolute atomic E-state index is 10.4. The number of primary amides is 1. The zero-order valence-electron chi connectivity index (χ0n) is 6.64. The van der Waals surface area contributed by atoms with Crippen molar-refractivity contribution in [3.05, 3.63) is 11.8 Å². The molecule has 58 valence electrons. The molecule has 0 atom stereocenters. The van der Waals surface area contributed by atoms with Crippen molar-refractivity contribution in [2.24, 2.45) is 16.9 Å². The number of amides is 1. The van der Waals surface area contributed by atoms with Gasteiger partial charge in [-0.25, -0.2) is 0 Å². The molecular formula is C7H14N2O. The number of hydrogen-bond donors (Lipinski definition) is 2. The SMILES string of the molecule is CC(C)(C)C=C(N)C(N)=O. The Balaban J connectivity index is 4.32. The van der Waals surface area contributed by atoms with Crippen LogP contribution in [0.4, 0.5) is 0 Å². The van der Waals surface area contributed by atoms with Crippen LogP contribution in [0.1, 0.15) is 20.8 Å². The fraction of sp³-hybridized carbons (Fsp3) is 0.571. The first-order valence-electron chi connectivity index (χ1n) is 3.11. The highest BCUT2D eigenvalue weighted by Gasteiger charge is 2.08. The van der Waals surface area contributed by atoms with E-state index in [2.05, 4.69) is 0 Å². The van der Waals surface area contributed by atoms with Crippen molar-refractivity contribution in [3.63, 3.8) is 0 Å². The van der Waals surface area contributed by atoms with Crippen molar-refractivity contribution in [3.8, 4) is 0 Å². The number of carbonyl (C=O) groups excluding carboxylic acids is 1. The minimum Gasteiger partial charge on any atom is -0.395 e. The van der Waals surface area contributed by atoms with Crippen LogP contribution in [0.25, 0.3) is 0 Å². The molecule has 0 rings (SSSR count). The lowest BCUT2D eigenvalue weighted by molar-refractivity contribution is -0.114. The van der Waals surface area contributed by atoms with E-state index in [1.807, 2.05) is 20.8 Å². The molecule has 0 fully saturated rings. The van der Waals surface area contributed by atoms with E-state index in [-0.39, 0.29) is 11.1 Å². The summed E-state index contributed by atoms with van der Waals surface area (Å²) < 4.78 is 0. The summed E-state index contributed by atoms with van der Waals surface area (Å²) in [5.41, 5.74) is 10.2. The summed E-state index contributed by atoms with van der Waals surface area (Å²) in [6, 6.07) is 0. The van der Waals surface area contributed by atoms with Gasteiger partial charge in [0.15, 0.2) is 0 Å². The fourth-order valence-corrected chi connectivity index (χ4v) is 0.538. The molecule has 0 aliphatic rings. The lowest BCUT2D eigenvalue weighted by Crippen LogP contribution is -2.22. The summed E-state index contributed by atoms with van der Waals surface area (Å²) in [6.45, 7) is 5.84. The molecular weight excluding hydrogens is 128 g/mol. The highest BCUT2D eigenvalue weighted by Crippen LogP contribution is 2.15. The molecule has 0 saturated heterocycles. The van der Waals surface area contributed by atoms with E-state index in [9.17, 15) is 4.79 Å². The molecule has 0 radical (unpaired) electrons. The van der Waals surface area contributed by atoms with Crippen LogP contribution in [-0.4, -0.2) is 5.91 Å². The van der Waals surface area contributed by atoms with Gasteiger partial charge in [0.2, 0.25) is 0 Å². The van der Waals surface area contributed by atoms with Crippen LogP contribution >= 0.6 is 0 Å². The Morgan fingerprint density at radius 1 is 1.30 bits per heavy atom. The van der Waals surface area contributed by atoms with Crippen molar-refractivity contribution in [1.82, 2.24) is 0 Å². The number of rotatable bonds is 1. The van der Waals surface area contributed by atoms with Crippen LogP contribution in [0.3, 0.4) is 0 Å². The van der Waals surface area contributed by atoms with Gasteiger partial charge < -0.3 is 11.5 Å². The highest BCUT2D eigenvalue weighted by molar-refractivity contribution is 5.90. The number of nitrogens with two attached hydrogens (primary N) is 2. The van der Waals surface area contributed by atoms with Crippen molar-refractivity contribution < 1.29 is 4.79 Å². The molecule has 0 aliphatic heterocycles. The van der Waals surface area contributed by atoms with Gasteiger partial charge in [0.1, 0.15) is 0 Å². The third kappa shape index (κ3) is 3.95. The maximum Gasteiger partial charge on any atom is 0.264 e. The topological polar surface area (TPSA) is 69.1 Å². The van der Waals surface area contributed by atoms with E-state index in [4.69, 9.17) is 11.5 Å². The first-order valence-corrected chi connectivity index (χ1v) is 3.11. The second-order valence-corrected chi connectivity index (χ2v) is 3.33. The first-order chi connectivity index (χ1) is 4.33. The van der Waals surface area contributed by atoms with Gasteiger partial charge in [-0.05, 0) is 5.41 Å². The van der Waals surface area contributed by atoms with Crippen molar-refractivity contribution >= 4 is 5.91 Å². The molecule has 0 unspecified atom stereocenters. The summed E-state index contributed by atoms with van der Waals surface area (Å²) in [7, 11) is 0. The predicted octanol–water partition coefficient (Wildman–Crippen LogP) is 0.360. The molecule has 3 nitrogen and oxygen atoms in total. The first kappa shape index (κ1) is 9.01. The Kier molecular flexibility index (Phi) is 2.46. The molecule has 0 aromatic carbocycles. The number of carbonyl (C=O) groups is 1. The predicted molar refractivity (Wildman–Crippen MR) is 40.9 cm³/mol. The Labute approximate surface area is 61.1 Å². The van der Waals surface area contributed by atoms with Gasteiger partial charge in [-0.1, -0.05) is 26.8 Å². The molecule has 0 heterocycles. The lowest BCUT2D eigenvalue weighted by atomic mass is 9.95. The summed E-state index contributed by atoms with van der Waals surface area (Å²) in [5, 5.41) is 0. The Morgan fingerprint density at radius 2 is 1.70 bits per heavy atom. The molecule has 0 aliphatic carbocycles. The molecule has 0 saturated carbocycles. The molecule has 0 aromatic heterocycles. The van der Waals surface area contributed by atoms with E-state index < -0.39 is 5.91 Å². The number of hydrogen-bond acceptors (Lipinski definition) is 2.